The number of H-pyrrole nitrogens is 1. The van der Waals surface area contributed by atoms with Crippen LogP contribution in [0.4, 0.5) is 0 Å². The normalized spacial score (nSPS) is 9.64. The van der Waals surface area contributed by atoms with E-state index in [2.05, 4.69) is 36.1 Å². The SMILES string of the molecule is COC(=O)c1n[nH]nc1CBr. The van der Waals surface area contributed by atoms with E-state index in [9.17, 15) is 4.79 Å². The van der Waals surface area contributed by atoms with Crippen LogP contribution in [0, 0.1) is 0 Å². The van der Waals surface area contributed by atoms with E-state index in [1.807, 2.05) is 0 Å². The first-order valence-corrected chi connectivity index (χ1v) is 3.95. The summed E-state index contributed by atoms with van der Waals surface area (Å²) in [5.74, 6) is -0.479. The highest BCUT2D eigenvalue weighted by Gasteiger charge is 2.14. The molecule has 0 aromatic carbocycles. The topological polar surface area (TPSA) is 67.9 Å². The maximum atomic E-state index is 10.9. The number of halogens is 1. The smallest absolute Gasteiger partial charge is 0.360 e. The second-order valence-electron chi connectivity index (χ2n) is 1.74. The molecule has 0 aliphatic heterocycles. The van der Waals surface area contributed by atoms with E-state index in [0.717, 1.165) is 0 Å². The molecule has 5 nitrogen and oxygen atoms in total. The molecule has 0 fully saturated rings. The van der Waals surface area contributed by atoms with Crippen LogP contribution in [0.1, 0.15) is 16.2 Å². The van der Waals surface area contributed by atoms with Gasteiger partial charge in [-0.15, -0.1) is 5.10 Å². The molecule has 0 amide bonds. The Bertz CT molecular complexity index is 260. The van der Waals surface area contributed by atoms with Crippen molar-refractivity contribution in [2.45, 2.75) is 5.33 Å². The average Bonchev–Trinajstić information content (AvgIpc) is 2.50. The van der Waals surface area contributed by atoms with Gasteiger partial charge in [-0.05, 0) is 0 Å². The van der Waals surface area contributed by atoms with Crippen molar-refractivity contribution in [3.05, 3.63) is 11.4 Å². The molecule has 1 N–H and O–H groups in total. The van der Waals surface area contributed by atoms with Gasteiger partial charge in [-0.3, -0.25) is 0 Å². The Kier molecular flexibility index (Phi) is 2.58. The van der Waals surface area contributed by atoms with Gasteiger partial charge in [0.25, 0.3) is 0 Å². The van der Waals surface area contributed by atoms with Crippen LogP contribution >= 0.6 is 15.9 Å². The number of hydrogen-bond acceptors (Lipinski definition) is 4. The van der Waals surface area contributed by atoms with Gasteiger partial charge in [0, 0.05) is 0 Å². The van der Waals surface area contributed by atoms with Crippen LogP contribution in [0.25, 0.3) is 0 Å². The van der Waals surface area contributed by atoms with Gasteiger partial charge < -0.3 is 4.74 Å². The zero-order chi connectivity index (χ0) is 8.27. The van der Waals surface area contributed by atoms with Crippen molar-refractivity contribution in [2.75, 3.05) is 7.11 Å². The minimum atomic E-state index is -0.479. The third-order valence-corrected chi connectivity index (χ3v) is 1.66. The van der Waals surface area contributed by atoms with Crippen LogP contribution in [-0.4, -0.2) is 28.5 Å². The monoisotopic (exact) mass is 219 g/mol. The number of rotatable bonds is 2. The molecule has 0 radical (unpaired) electrons. The van der Waals surface area contributed by atoms with Crippen molar-refractivity contribution in [1.29, 1.82) is 0 Å². The number of ether oxygens (including phenoxy) is 1. The van der Waals surface area contributed by atoms with Crippen LogP contribution in [0.3, 0.4) is 0 Å². The summed E-state index contributed by atoms with van der Waals surface area (Å²) in [7, 11) is 1.30. The minimum Gasteiger partial charge on any atom is -0.464 e. The fourth-order valence-corrected chi connectivity index (χ4v) is 0.997. The Morgan fingerprint density at radius 3 is 3.00 bits per heavy atom. The van der Waals surface area contributed by atoms with E-state index < -0.39 is 5.97 Å². The van der Waals surface area contributed by atoms with Crippen LogP contribution < -0.4 is 0 Å². The van der Waals surface area contributed by atoms with Gasteiger partial charge in [-0.1, -0.05) is 15.9 Å². The number of carbonyl (C=O) groups is 1. The molecule has 0 bridgehead atoms. The first-order valence-electron chi connectivity index (χ1n) is 2.83. The molecule has 0 aliphatic carbocycles. The number of nitrogens with one attached hydrogen (secondary N) is 1. The molecule has 0 unspecified atom stereocenters. The highest BCUT2D eigenvalue weighted by Crippen LogP contribution is 2.06. The number of aromatic amines is 1. The summed E-state index contributed by atoms with van der Waals surface area (Å²) < 4.78 is 4.45. The van der Waals surface area contributed by atoms with E-state index in [0.29, 0.717) is 11.0 Å². The number of hydrogen-bond donors (Lipinski definition) is 1. The Balaban J connectivity index is 2.92. The summed E-state index contributed by atoms with van der Waals surface area (Å²) in [6.45, 7) is 0. The molecule has 60 valence electrons. The zero-order valence-corrected chi connectivity index (χ0v) is 7.38. The molecule has 0 spiro atoms. The van der Waals surface area contributed by atoms with Gasteiger partial charge in [0.15, 0.2) is 5.69 Å². The molecule has 1 aromatic rings. The van der Waals surface area contributed by atoms with Crippen molar-refractivity contribution < 1.29 is 9.53 Å². The van der Waals surface area contributed by atoms with Gasteiger partial charge in [0.2, 0.25) is 0 Å². The van der Waals surface area contributed by atoms with E-state index in [-0.39, 0.29) is 5.69 Å². The quantitative estimate of drug-likeness (QED) is 0.581. The highest BCUT2D eigenvalue weighted by atomic mass is 79.9. The van der Waals surface area contributed by atoms with E-state index in [4.69, 9.17) is 0 Å². The molecule has 0 saturated carbocycles. The highest BCUT2D eigenvalue weighted by molar-refractivity contribution is 9.08. The minimum absolute atomic E-state index is 0.226. The van der Waals surface area contributed by atoms with E-state index in [1.165, 1.54) is 7.11 Å². The lowest BCUT2D eigenvalue weighted by atomic mass is 10.3. The first-order chi connectivity index (χ1) is 5.29. The number of nitrogens with zero attached hydrogens (tertiary/aromatic N) is 2. The maximum absolute atomic E-state index is 10.9. The molecule has 0 atom stereocenters. The number of esters is 1. The zero-order valence-electron chi connectivity index (χ0n) is 5.80. The van der Waals surface area contributed by atoms with Gasteiger partial charge in [-0.2, -0.15) is 10.3 Å². The lowest BCUT2D eigenvalue weighted by Gasteiger charge is -1.93. The van der Waals surface area contributed by atoms with Crippen molar-refractivity contribution >= 4 is 21.9 Å². The van der Waals surface area contributed by atoms with E-state index in [1.54, 1.807) is 0 Å². The third kappa shape index (κ3) is 1.56. The molecule has 1 heterocycles. The molecule has 11 heavy (non-hydrogen) atoms. The van der Waals surface area contributed by atoms with Crippen LogP contribution in [0.5, 0.6) is 0 Å². The summed E-state index contributed by atoms with van der Waals surface area (Å²) >= 11 is 3.15. The molecule has 1 rings (SSSR count). The first kappa shape index (κ1) is 8.19. The number of carbonyl (C=O) groups excluding carboxylic acids is 1. The van der Waals surface area contributed by atoms with Crippen molar-refractivity contribution in [1.82, 2.24) is 15.4 Å². The van der Waals surface area contributed by atoms with Crippen molar-refractivity contribution in [3.8, 4) is 0 Å². The van der Waals surface area contributed by atoms with Gasteiger partial charge in [0.1, 0.15) is 5.69 Å². The predicted octanol–water partition coefficient (Wildman–Crippen LogP) is 0.486. The predicted molar refractivity (Wildman–Crippen MR) is 40.4 cm³/mol. The van der Waals surface area contributed by atoms with E-state index >= 15 is 0 Å². The van der Waals surface area contributed by atoms with Crippen molar-refractivity contribution in [3.63, 3.8) is 0 Å². The summed E-state index contributed by atoms with van der Waals surface area (Å²) in [6.07, 6.45) is 0. The summed E-state index contributed by atoms with van der Waals surface area (Å²) in [5, 5.41) is 10.2. The molecular formula is C5H6BrN3O2. The average molecular weight is 220 g/mol. The Morgan fingerprint density at radius 2 is 2.45 bits per heavy atom. The van der Waals surface area contributed by atoms with Crippen molar-refractivity contribution in [2.24, 2.45) is 0 Å². The second kappa shape index (κ2) is 3.47. The molecule has 6 heteroatoms. The summed E-state index contributed by atoms with van der Waals surface area (Å²) in [4.78, 5) is 10.9. The number of alkyl halides is 1. The molecular weight excluding hydrogens is 214 g/mol. The lowest BCUT2D eigenvalue weighted by Crippen LogP contribution is -2.04. The molecule has 0 aliphatic rings. The van der Waals surface area contributed by atoms with Crippen LogP contribution in [-0.2, 0) is 10.1 Å². The van der Waals surface area contributed by atoms with Gasteiger partial charge in [-0.25, -0.2) is 4.79 Å². The molecule has 1 aromatic heterocycles. The number of methoxy groups -OCH3 is 1. The van der Waals surface area contributed by atoms with Crippen LogP contribution in [0.15, 0.2) is 0 Å². The lowest BCUT2D eigenvalue weighted by molar-refractivity contribution is 0.0593. The third-order valence-electron chi connectivity index (χ3n) is 1.13. The number of aromatic nitrogens is 3. The largest absolute Gasteiger partial charge is 0.464 e. The fraction of sp³-hybridized carbons (Fsp3) is 0.400. The van der Waals surface area contributed by atoms with Gasteiger partial charge in [0.05, 0.1) is 12.4 Å². The summed E-state index contributed by atoms with van der Waals surface area (Å²) in [5.41, 5.74) is 0.779. The maximum Gasteiger partial charge on any atom is 0.360 e. The Hall–Kier alpha value is -0.910. The molecule has 0 saturated heterocycles. The Morgan fingerprint density at radius 1 is 1.73 bits per heavy atom. The fourth-order valence-electron chi connectivity index (χ4n) is 0.606. The Labute approximate surface area is 71.3 Å². The summed E-state index contributed by atoms with van der Waals surface area (Å²) in [6, 6.07) is 0. The standard InChI is InChI=1S/C5H6BrN3O2/c1-11-5(10)4-3(2-6)7-9-8-4/h2H2,1H3,(H,7,8,9). The second-order valence-corrected chi connectivity index (χ2v) is 2.30. The van der Waals surface area contributed by atoms with Crippen LogP contribution in [0.2, 0.25) is 0 Å². The van der Waals surface area contributed by atoms with Gasteiger partial charge >= 0.3 is 5.97 Å².